The molecule has 1 atom stereocenters. The Hall–Kier alpha value is -3.60. The van der Waals surface area contributed by atoms with Gasteiger partial charge in [-0.05, 0) is 51.4 Å². The molecule has 1 aromatic heterocycles. The molecule has 49 heavy (non-hydrogen) atoms. The van der Waals surface area contributed by atoms with Crippen molar-refractivity contribution in [3.05, 3.63) is 52.2 Å². The molecule has 14 heteroatoms. The van der Waals surface area contributed by atoms with E-state index in [1.807, 2.05) is 0 Å². The molecule has 262 valence electrons. The Morgan fingerprint density at radius 3 is 2.59 bits per heavy atom. The SMILES string of the molecule is C/C=C/C(=O)N1CCN(c2nc(OCC3(CN4CC5(CN(C)C5)C4)CC3)nc3c2CCN(c2cccc(Cl)c2C(F)(F)F)C3)CC1CC#N. The number of allylic oxidation sites excluding steroid dienone is 1. The first-order chi connectivity index (χ1) is 23.4. The molecule has 5 heterocycles. The molecule has 5 aliphatic rings. The number of rotatable bonds is 9. The maximum atomic E-state index is 14.2. The van der Waals surface area contributed by atoms with Crippen LogP contribution in [0.4, 0.5) is 24.7 Å². The lowest BCUT2D eigenvalue weighted by Crippen LogP contribution is -2.71. The fourth-order valence-electron chi connectivity index (χ4n) is 8.36. The van der Waals surface area contributed by atoms with Crippen LogP contribution >= 0.6 is 11.6 Å². The smallest absolute Gasteiger partial charge is 0.419 e. The van der Waals surface area contributed by atoms with Gasteiger partial charge in [0.15, 0.2) is 0 Å². The second kappa shape index (κ2) is 12.9. The van der Waals surface area contributed by atoms with Crippen molar-refractivity contribution < 1.29 is 22.7 Å². The lowest BCUT2D eigenvalue weighted by Gasteiger charge is -2.60. The highest BCUT2D eigenvalue weighted by Gasteiger charge is 2.54. The quantitative estimate of drug-likeness (QED) is 0.348. The molecule has 3 saturated heterocycles. The van der Waals surface area contributed by atoms with E-state index in [1.54, 1.807) is 22.8 Å². The average Bonchev–Trinajstić information content (AvgIpc) is 3.80. The van der Waals surface area contributed by atoms with E-state index in [2.05, 4.69) is 27.8 Å². The monoisotopic (exact) mass is 698 g/mol. The third-order valence-electron chi connectivity index (χ3n) is 10.7. The summed E-state index contributed by atoms with van der Waals surface area (Å²) in [5.74, 6) is 0.521. The van der Waals surface area contributed by atoms with Crippen LogP contribution in [0.5, 0.6) is 6.01 Å². The van der Waals surface area contributed by atoms with Crippen LogP contribution in [-0.2, 0) is 23.9 Å². The Kier molecular flexibility index (Phi) is 8.94. The summed E-state index contributed by atoms with van der Waals surface area (Å²) < 4.78 is 48.9. The van der Waals surface area contributed by atoms with Crippen LogP contribution in [0.25, 0.3) is 0 Å². The van der Waals surface area contributed by atoms with E-state index in [1.165, 1.54) is 24.3 Å². The van der Waals surface area contributed by atoms with Crippen molar-refractivity contribution in [2.75, 3.05) is 82.4 Å². The molecule has 0 radical (unpaired) electrons. The highest BCUT2D eigenvalue weighted by molar-refractivity contribution is 6.31. The van der Waals surface area contributed by atoms with Crippen LogP contribution in [0, 0.1) is 22.2 Å². The summed E-state index contributed by atoms with van der Waals surface area (Å²) in [6.07, 6.45) is 1.28. The van der Waals surface area contributed by atoms with Crippen molar-refractivity contribution in [2.45, 2.75) is 51.4 Å². The molecule has 0 N–H and O–H groups in total. The summed E-state index contributed by atoms with van der Waals surface area (Å²) >= 11 is 6.09. The number of aromatic nitrogens is 2. The van der Waals surface area contributed by atoms with E-state index in [-0.39, 0.29) is 47.1 Å². The normalized spacial score (nSPS) is 23.2. The van der Waals surface area contributed by atoms with Gasteiger partial charge in [-0.15, -0.1) is 0 Å². The number of halogens is 4. The maximum Gasteiger partial charge on any atom is 0.419 e. The number of likely N-dealkylation sites (tertiary alicyclic amines) is 2. The summed E-state index contributed by atoms with van der Waals surface area (Å²) in [4.78, 5) is 32.9. The van der Waals surface area contributed by atoms with Crippen LogP contribution in [0.3, 0.4) is 0 Å². The number of fused-ring (bicyclic) bond motifs is 1. The third kappa shape index (κ3) is 6.79. The zero-order valence-electron chi connectivity index (χ0n) is 28.0. The number of piperazine rings is 1. The summed E-state index contributed by atoms with van der Waals surface area (Å²) in [7, 11) is 2.16. The van der Waals surface area contributed by atoms with E-state index >= 15 is 0 Å². The van der Waals surface area contributed by atoms with E-state index in [0.29, 0.717) is 56.1 Å². The zero-order chi connectivity index (χ0) is 34.6. The van der Waals surface area contributed by atoms with Crippen molar-refractivity contribution in [1.82, 2.24) is 24.7 Å². The molecule has 1 unspecified atom stereocenters. The lowest BCUT2D eigenvalue weighted by atomic mass is 9.73. The van der Waals surface area contributed by atoms with Gasteiger partial charge in [-0.1, -0.05) is 23.7 Å². The van der Waals surface area contributed by atoms with E-state index < -0.39 is 11.7 Å². The number of anilines is 2. The van der Waals surface area contributed by atoms with Crippen molar-refractivity contribution in [3.63, 3.8) is 0 Å². The Balaban J connectivity index is 1.15. The van der Waals surface area contributed by atoms with Crippen molar-refractivity contribution in [2.24, 2.45) is 10.8 Å². The zero-order valence-corrected chi connectivity index (χ0v) is 28.7. The predicted molar refractivity (Wildman–Crippen MR) is 180 cm³/mol. The third-order valence-corrected chi connectivity index (χ3v) is 11.0. The molecule has 4 fully saturated rings. The Morgan fingerprint density at radius 2 is 1.92 bits per heavy atom. The molecule has 7 rings (SSSR count). The minimum absolute atomic E-state index is 0.0142. The molecule has 4 aliphatic heterocycles. The number of carbonyl (C=O) groups excluding carboxylic acids is 1. The van der Waals surface area contributed by atoms with Crippen LogP contribution in [0.15, 0.2) is 30.4 Å². The van der Waals surface area contributed by atoms with Gasteiger partial charge in [-0.2, -0.15) is 28.4 Å². The number of alkyl halides is 3. The fourth-order valence-corrected chi connectivity index (χ4v) is 8.64. The number of nitrogens with zero attached hydrogens (tertiary/aromatic N) is 8. The van der Waals surface area contributed by atoms with Crippen LogP contribution in [0.1, 0.15) is 43.0 Å². The van der Waals surface area contributed by atoms with Gasteiger partial charge in [0.2, 0.25) is 5.91 Å². The maximum absolute atomic E-state index is 14.2. The first kappa shape index (κ1) is 33.9. The van der Waals surface area contributed by atoms with Gasteiger partial charge in [0.05, 0.1) is 53.7 Å². The van der Waals surface area contributed by atoms with Crippen LogP contribution in [0.2, 0.25) is 5.02 Å². The molecule has 1 aromatic carbocycles. The fraction of sp³-hybridized carbons (Fsp3) is 0.600. The Labute approximate surface area is 290 Å². The van der Waals surface area contributed by atoms with E-state index in [0.717, 1.165) is 51.1 Å². The van der Waals surface area contributed by atoms with Gasteiger partial charge >= 0.3 is 12.2 Å². The largest absolute Gasteiger partial charge is 0.463 e. The van der Waals surface area contributed by atoms with Gasteiger partial charge in [-0.25, -0.2) is 0 Å². The second-order valence-corrected chi connectivity index (χ2v) is 15.1. The summed E-state index contributed by atoms with van der Waals surface area (Å²) in [6.45, 7) is 9.48. The average molecular weight is 699 g/mol. The summed E-state index contributed by atoms with van der Waals surface area (Å²) in [5, 5.41) is 9.26. The number of hydrogen-bond acceptors (Lipinski definition) is 9. The van der Waals surface area contributed by atoms with E-state index in [9.17, 15) is 23.2 Å². The van der Waals surface area contributed by atoms with Gasteiger partial charge < -0.3 is 29.2 Å². The molecule has 1 aliphatic carbocycles. The number of ether oxygens (including phenoxy) is 1. The Morgan fingerprint density at radius 1 is 1.14 bits per heavy atom. The minimum atomic E-state index is -4.62. The van der Waals surface area contributed by atoms with Crippen molar-refractivity contribution in [1.29, 1.82) is 5.26 Å². The highest BCUT2D eigenvalue weighted by atomic mass is 35.5. The number of nitriles is 1. The summed E-state index contributed by atoms with van der Waals surface area (Å²) in [6, 6.07) is 6.32. The molecule has 1 saturated carbocycles. The van der Waals surface area contributed by atoms with Crippen molar-refractivity contribution >= 4 is 29.0 Å². The van der Waals surface area contributed by atoms with Crippen LogP contribution < -0.4 is 14.5 Å². The van der Waals surface area contributed by atoms with Gasteiger partial charge in [0.1, 0.15) is 5.82 Å². The number of hydrogen-bond donors (Lipinski definition) is 0. The van der Waals surface area contributed by atoms with Gasteiger partial charge in [0.25, 0.3) is 0 Å². The van der Waals surface area contributed by atoms with E-state index in [4.69, 9.17) is 26.3 Å². The standard InChI is InChI=1S/C35H42ClF3N8O2/c1-3-5-29(48)47-15-14-46(16-24(47)8-12-40)31-25-9-13-45(28-7-4-6-26(36)30(28)35(37,38)39)17-27(25)41-32(42-31)49-23-33(10-11-33)20-44-21-34(22-44)18-43(2)19-34/h3-7,24H,8-11,13-23H2,1-2H3/b5-3+. The number of benzene rings is 1. The molecule has 10 nitrogen and oxygen atoms in total. The lowest BCUT2D eigenvalue weighted by molar-refractivity contribution is -0.137. The minimum Gasteiger partial charge on any atom is -0.463 e. The molecule has 2 aromatic rings. The topological polar surface area (TPSA) is 92.1 Å². The second-order valence-electron chi connectivity index (χ2n) is 14.7. The Bertz CT molecular complexity index is 1660. The predicted octanol–water partition coefficient (Wildman–Crippen LogP) is 4.62. The first-order valence-corrected chi connectivity index (χ1v) is 17.4. The molecule has 1 spiro atoms. The van der Waals surface area contributed by atoms with Crippen LogP contribution in [-0.4, -0.2) is 109 Å². The van der Waals surface area contributed by atoms with Gasteiger partial charge in [0, 0.05) is 75.3 Å². The highest BCUT2D eigenvalue weighted by Crippen LogP contribution is 2.50. The summed E-state index contributed by atoms with van der Waals surface area (Å²) in [5.41, 5.74) is 1.10. The number of carbonyl (C=O) groups is 1. The molecule has 0 bridgehead atoms. The molecular formula is C35H42ClF3N8O2. The number of amides is 1. The van der Waals surface area contributed by atoms with Crippen molar-refractivity contribution in [3.8, 4) is 12.1 Å². The molecule has 1 amide bonds. The van der Waals surface area contributed by atoms with Gasteiger partial charge in [-0.3, -0.25) is 4.79 Å². The molecular weight excluding hydrogens is 657 g/mol. The first-order valence-electron chi connectivity index (χ1n) is 17.0.